The second kappa shape index (κ2) is 10.1. The van der Waals surface area contributed by atoms with Gasteiger partial charge in [-0.3, -0.25) is 25.0 Å². The van der Waals surface area contributed by atoms with Crippen molar-refractivity contribution in [2.75, 3.05) is 6.54 Å². The molecule has 3 N–H and O–H groups in total. The maximum Gasteiger partial charge on any atom is 0.264 e. The molecule has 0 bridgehead atoms. The zero-order valence-corrected chi connectivity index (χ0v) is 12.5. The molecular formula is C15H25N3O3. The van der Waals surface area contributed by atoms with Crippen LogP contribution in [0.3, 0.4) is 0 Å². The van der Waals surface area contributed by atoms with Crippen LogP contribution in [0, 0.1) is 0 Å². The molecule has 1 aliphatic rings. The summed E-state index contributed by atoms with van der Waals surface area (Å²) in [6.07, 6.45) is 9.16. The van der Waals surface area contributed by atoms with E-state index in [4.69, 9.17) is 0 Å². The molecule has 0 aromatic carbocycles. The highest BCUT2D eigenvalue weighted by Gasteiger charge is 2.26. The van der Waals surface area contributed by atoms with E-state index in [1.54, 1.807) is 0 Å². The standard InChI is InChI=1S/C15H25N3O3/c1-2-3-4-5-6-7-8-9-10-12(19)17-14-15(21)18-13(20)11-16-14/h2,14,16H,1,3-11H2,(H,17,19)(H,18,20,21)/t14-/m0/s1. The van der Waals surface area contributed by atoms with Crippen molar-refractivity contribution in [2.24, 2.45) is 0 Å². The molecule has 0 aromatic rings. The first-order valence-corrected chi connectivity index (χ1v) is 7.61. The Morgan fingerprint density at radius 2 is 1.86 bits per heavy atom. The average molecular weight is 295 g/mol. The van der Waals surface area contributed by atoms with E-state index in [1.165, 1.54) is 19.3 Å². The van der Waals surface area contributed by atoms with Gasteiger partial charge in [-0.1, -0.05) is 31.8 Å². The summed E-state index contributed by atoms with van der Waals surface area (Å²) in [5, 5.41) is 7.43. The van der Waals surface area contributed by atoms with Gasteiger partial charge in [-0.15, -0.1) is 6.58 Å². The first-order valence-electron chi connectivity index (χ1n) is 7.61. The van der Waals surface area contributed by atoms with Gasteiger partial charge >= 0.3 is 0 Å². The molecule has 1 heterocycles. The van der Waals surface area contributed by atoms with Gasteiger partial charge in [0.05, 0.1) is 6.54 Å². The Bertz CT molecular complexity index is 382. The van der Waals surface area contributed by atoms with Crippen molar-refractivity contribution in [3.8, 4) is 0 Å². The van der Waals surface area contributed by atoms with Crippen molar-refractivity contribution in [2.45, 2.75) is 57.5 Å². The zero-order valence-electron chi connectivity index (χ0n) is 12.5. The fourth-order valence-corrected chi connectivity index (χ4v) is 2.17. The Balaban J connectivity index is 2.02. The maximum absolute atomic E-state index is 11.7. The Morgan fingerprint density at radius 1 is 1.19 bits per heavy atom. The van der Waals surface area contributed by atoms with Gasteiger partial charge in [0, 0.05) is 6.42 Å². The Kier molecular flexibility index (Phi) is 8.35. The second-order valence-electron chi connectivity index (χ2n) is 5.24. The predicted molar refractivity (Wildman–Crippen MR) is 80.2 cm³/mol. The highest BCUT2D eigenvalue weighted by atomic mass is 16.2. The number of piperazine rings is 1. The van der Waals surface area contributed by atoms with Crippen molar-refractivity contribution in [3.63, 3.8) is 0 Å². The van der Waals surface area contributed by atoms with Gasteiger partial charge < -0.3 is 5.32 Å². The van der Waals surface area contributed by atoms with Crippen molar-refractivity contribution >= 4 is 17.7 Å². The Morgan fingerprint density at radius 3 is 2.52 bits per heavy atom. The largest absolute Gasteiger partial charge is 0.332 e. The van der Waals surface area contributed by atoms with Crippen LogP contribution in [0.2, 0.25) is 0 Å². The van der Waals surface area contributed by atoms with E-state index in [9.17, 15) is 14.4 Å². The summed E-state index contributed by atoms with van der Waals surface area (Å²) in [7, 11) is 0. The lowest BCUT2D eigenvalue weighted by Gasteiger charge is -2.23. The van der Waals surface area contributed by atoms with Crippen LogP contribution in [0.5, 0.6) is 0 Å². The monoisotopic (exact) mass is 295 g/mol. The number of hydrogen-bond donors (Lipinski definition) is 3. The van der Waals surface area contributed by atoms with Gasteiger partial charge in [0.25, 0.3) is 5.91 Å². The van der Waals surface area contributed by atoms with Crippen molar-refractivity contribution in [3.05, 3.63) is 12.7 Å². The quantitative estimate of drug-likeness (QED) is 0.318. The van der Waals surface area contributed by atoms with E-state index in [0.717, 1.165) is 25.7 Å². The van der Waals surface area contributed by atoms with Crippen LogP contribution >= 0.6 is 0 Å². The predicted octanol–water partition coefficient (Wildman–Crippen LogP) is 0.981. The molecule has 0 unspecified atom stereocenters. The van der Waals surface area contributed by atoms with Gasteiger partial charge in [-0.2, -0.15) is 0 Å². The molecule has 0 spiro atoms. The van der Waals surface area contributed by atoms with Crippen LogP contribution in [0.15, 0.2) is 12.7 Å². The summed E-state index contributed by atoms with van der Waals surface area (Å²) >= 11 is 0. The number of carbonyl (C=O) groups is 3. The molecule has 1 atom stereocenters. The fourth-order valence-electron chi connectivity index (χ4n) is 2.17. The summed E-state index contributed by atoms with van der Waals surface area (Å²) in [6.45, 7) is 3.73. The lowest BCUT2D eigenvalue weighted by atomic mass is 10.1. The molecule has 0 saturated carbocycles. The summed E-state index contributed by atoms with van der Waals surface area (Å²) in [5.41, 5.74) is 0. The van der Waals surface area contributed by atoms with E-state index in [0.29, 0.717) is 6.42 Å². The minimum Gasteiger partial charge on any atom is -0.332 e. The highest BCUT2D eigenvalue weighted by Crippen LogP contribution is 2.08. The van der Waals surface area contributed by atoms with Crippen molar-refractivity contribution < 1.29 is 14.4 Å². The lowest BCUT2D eigenvalue weighted by molar-refractivity contribution is -0.137. The lowest BCUT2D eigenvalue weighted by Crippen LogP contribution is -2.62. The van der Waals surface area contributed by atoms with E-state index < -0.39 is 12.1 Å². The van der Waals surface area contributed by atoms with Crippen LogP contribution in [-0.2, 0) is 14.4 Å². The van der Waals surface area contributed by atoms with E-state index in [-0.39, 0.29) is 18.4 Å². The SMILES string of the molecule is C=CCCCCCCCCC(=O)N[C@@H]1NCC(=O)NC1=O. The molecule has 1 saturated heterocycles. The number of imide groups is 1. The first kappa shape index (κ1) is 17.4. The van der Waals surface area contributed by atoms with Crippen LogP contribution < -0.4 is 16.0 Å². The molecule has 1 aliphatic heterocycles. The molecular weight excluding hydrogens is 270 g/mol. The molecule has 118 valence electrons. The minimum absolute atomic E-state index is 0.0431. The van der Waals surface area contributed by atoms with Crippen molar-refractivity contribution in [1.82, 2.24) is 16.0 Å². The topological polar surface area (TPSA) is 87.3 Å². The molecule has 6 heteroatoms. The van der Waals surface area contributed by atoms with E-state index in [1.807, 2.05) is 6.08 Å². The van der Waals surface area contributed by atoms with Gasteiger partial charge in [0.1, 0.15) is 0 Å². The molecule has 1 rings (SSSR count). The third-order valence-corrected chi connectivity index (χ3v) is 3.36. The number of carbonyl (C=O) groups excluding carboxylic acids is 3. The smallest absolute Gasteiger partial charge is 0.264 e. The summed E-state index contributed by atoms with van der Waals surface area (Å²) in [4.78, 5) is 34.0. The van der Waals surface area contributed by atoms with Gasteiger partial charge in [-0.05, 0) is 19.3 Å². The number of amides is 3. The average Bonchev–Trinajstić information content (AvgIpc) is 2.45. The highest BCUT2D eigenvalue weighted by molar-refractivity contribution is 6.02. The van der Waals surface area contributed by atoms with Crippen LogP contribution in [0.4, 0.5) is 0 Å². The maximum atomic E-state index is 11.7. The molecule has 0 aromatic heterocycles. The molecule has 21 heavy (non-hydrogen) atoms. The Labute approximate surface area is 125 Å². The second-order valence-corrected chi connectivity index (χ2v) is 5.24. The Hall–Kier alpha value is -1.69. The summed E-state index contributed by atoms with van der Waals surface area (Å²) < 4.78 is 0. The number of nitrogens with one attached hydrogen (secondary N) is 3. The number of allylic oxidation sites excluding steroid dienone is 1. The van der Waals surface area contributed by atoms with Gasteiger partial charge in [0.15, 0.2) is 6.17 Å². The molecule has 3 amide bonds. The normalized spacial score (nSPS) is 18.2. The van der Waals surface area contributed by atoms with Gasteiger partial charge in [0.2, 0.25) is 11.8 Å². The van der Waals surface area contributed by atoms with E-state index in [2.05, 4.69) is 22.5 Å². The third-order valence-electron chi connectivity index (χ3n) is 3.36. The number of rotatable bonds is 10. The molecule has 0 aliphatic carbocycles. The first-order chi connectivity index (χ1) is 10.1. The van der Waals surface area contributed by atoms with E-state index >= 15 is 0 Å². The molecule has 1 fully saturated rings. The number of hydrogen-bond acceptors (Lipinski definition) is 4. The van der Waals surface area contributed by atoms with Crippen molar-refractivity contribution in [1.29, 1.82) is 0 Å². The summed E-state index contributed by atoms with van der Waals surface area (Å²) in [5.74, 6) is -1.03. The number of unbranched alkanes of at least 4 members (excludes halogenated alkanes) is 6. The third kappa shape index (κ3) is 7.60. The van der Waals surface area contributed by atoms with Crippen LogP contribution in [0.25, 0.3) is 0 Å². The molecule has 6 nitrogen and oxygen atoms in total. The summed E-state index contributed by atoms with van der Waals surface area (Å²) in [6, 6.07) is 0. The minimum atomic E-state index is -0.797. The van der Waals surface area contributed by atoms with Gasteiger partial charge in [-0.25, -0.2) is 0 Å². The zero-order chi connectivity index (χ0) is 15.5. The van der Waals surface area contributed by atoms with Crippen LogP contribution in [0.1, 0.15) is 51.4 Å². The fraction of sp³-hybridized carbons (Fsp3) is 0.667. The molecule has 0 radical (unpaired) electrons. The van der Waals surface area contributed by atoms with Crippen LogP contribution in [-0.4, -0.2) is 30.4 Å².